The zero-order chi connectivity index (χ0) is 19.3. The lowest BCUT2D eigenvalue weighted by Gasteiger charge is -2.47. The van der Waals surface area contributed by atoms with Gasteiger partial charge < -0.3 is 10.2 Å². The van der Waals surface area contributed by atoms with Crippen LogP contribution in [0.5, 0.6) is 0 Å². The molecule has 0 aromatic rings. The van der Waals surface area contributed by atoms with Gasteiger partial charge in [0.2, 0.25) is 0 Å². The quantitative estimate of drug-likeness (QED) is 0.696. The summed E-state index contributed by atoms with van der Waals surface area (Å²) in [7, 11) is 0. The monoisotopic (exact) mass is 344 g/mol. The number of aliphatic hydroxyl groups is 2. The van der Waals surface area contributed by atoms with Crippen molar-refractivity contribution in [3.63, 3.8) is 0 Å². The van der Waals surface area contributed by atoms with E-state index < -0.39 is 11.2 Å². The maximum absolute atomic E-state index is 11.6. The van der Waals surface area contributed by atoms with Crippen molar-refractivity contribution in [2.45, 2.75) is 85.9 Å². The molecule has 2 heteroatoms. The van der Waals surface area contributed by atoms with Gasteiger partial charge >= 0.3 is 0 Å². The van der Waals surface area contributed by atoms with Crippen LogP contribution in [0, 0.1) is 10.8 Å². The Morgan fingerprint density at radius 2 is 1.08 bits per heavy atom. The van der Waals surface area contributed by atoms with Gasteiger partial charge in [0, 0.05) is 6.42 Å². The Hall–Kier alpha value is -1.12. The SMILES string of the molecule is CC1=CC[C@@](O)(C[C@@]2(O)CC=C(C)C=C2C(C)(C)C)C(C(C)(C)C)=C1. The molecule has 0 radical (unpaired) electrons. The molecular formula is C23H36O2. The summed E-state index contributed by atoms with van der Waals surface area (Å²) in [6, 6.07) is 0. The highest BCUT2D eigenvalue weighted by Gasteiger charge is 2.48. The van der Waals surface area contributed by atoms with Crippen LogP contribution in [0.25, 0.3) is 0 Å². The van der Waals surface area contributed by atoms with Crippen LogP contribution < -0.4 is 0 Å². The van der Waals surface area contributed by atoms with Gasteiger partial charge in [0.1, 0.15) is 0 Å². The van der Waals surface area contributed by atoms with Crippen molar-refractivity contribution in [1.29, 1.82) is 0 Å². The Labute approximate surface area is 154 Å². The summed E-state index contributed by atoms with van der Waals surface area (Å²) in [5, 5.41) is 23.3. The highest BCUT2D eigenvalue weighted by Crippen LogP contribution is 2.49. The fraction of sp³-hybridized carbons (Fsp3) is 0.652. The minimum atomic E-state index is -1.02. The Balaban J connectivity index is 2.46. The van der Waals surface area contributed by atoms with Gasteiger partial charge in [0.25, 0.3) is 0 Å². The van der Waals surface area contributed by atoms with Crippen LogP contribution in [0.2, 0.25) is 0 Å². The third-order valence-corrected chi connectivity index (χ3v) is 5.47. The minimum Gasteiger partial charge on any atom is -0.385 e. The smallest absolute Gasteiger partial charge is 0.0930 e. The number of hydrogen-bond donors (Lipinski definition) is 2. The second kappa shape index (κ2) is 6.25. The normalized spacial score (nSPS) is 31.1. The summed E-state index contributed by atoms with van der Waals surface area (Å²) >= 11 is 0. The highest BCUT2D eigenvalue weighted by atomic mass is 16.3. The molecule has 2 rings (SSSR count). The largest absolute Gasteiger partial charge is 0.385 e. The van der Waals surface area contributed by atoms with E-state index >= 15 is 0 Å². The number of hydrogen-bond acceptors (Lipinski definition) is 2. The number of rotatable bonds is 2. The van der Waals surface area contributed by atoms with E-state index in [1.807, 2.05) is 0 Å². The standard InChI is InChI=1S/C23H36O2/c1-16-9-11-22(24,18(13-16)20(3,4)5)15-23(25)12-10-17(2)14-19(23)21(6,7)8/h9-10,13-14,24-25H,11-12,15H2,1-8H3/t22-,23+. The van der Waals surface area contributed by atoms with E-state index in [0.29, 0.717) is 19.3 Å². The summed E-state index contributed by atoms with van der Waals surface area (Å²) in [5.41, 5.74) is 2.09. The first-order valence-electron chi connectivity index (χ1n) is 9.41. The molecule has 2 atom stereocenters. The molecular weight excluding hydrogens is 308 g/mol. The van der Waals surface area contributed by atoms with Gasteiger partial charge in [-0.1, -0.05) is 77.0 Å². The van der Waals surface area contributed by atoms with Gasteiger partial charge in [-0.25, -0.2) is 0 Å². The molecule has 140 valence electrons. The minimum absolute atomic E-state index is 0.146. The lowest BCUT2D eigenvalue weighted by atomic mass is 9.62. The zero-order valence-electron chi connectivity index (χ0n) is 17.3. The molecule has 25 heavy (non-hydrogen) atoms. The van der Waals surface area contributed by atoms with Crippen LogP contribution in [-0.4, -0.2) is 21.4 Å². The topological polar surface area (TPSA) is 40.5 Å². The zero-order valence-corrected chi connectivity index (χ0v) is 17.3. The van der Waals surface area contributed by atoms with E-state index in [1.54, 1.807) is 0 Å². The molecule has 0 heterocycles. The average molecular weight is 345 g/mol. The van der Waals surface area contributed by atoms with Gasteiger partial charge in [-0.3, -0.25) is 0 Å². The van der Waals surface area contributed by atoms with Gasteiger partial charge in [-0.05, 0) is 48.7 Å². The molecule has 0 aromatic carbocycles. The maximum atomic E-state index is 11.6. The van der Waals surface area contributed by atoms with Crippen molar-refractivity contribution in [1.82, 2.24) is 0 Å². The molecule has 0 saturated carbocycles. The third kappa shape index (κ3) is 4.17. The van der Waals surface area contributed by atoms with Gasteiger partial charge in [0.05, 0.1) is 11.2 Å². The van der Waals surface area contributed by atoms with E-state index in [0.717, 1.165) is 11.1 Å². The first-order valence-corrected chi connectivity index (χ1v) is 9.41. The summed E-state index contributed by atoms with van der Waals surface area (Å²) in [6.07, 6.45) is 9.84. The lowest BCUT2D eigenvalue weighted by molar-refractivity contribution is -0.0394. The van der Waals surface area contributed by atoms with Crippen LogP contribution in [0.15, 0.2) is 46.6 Å². The van der Waals surface area contributed by atoms with Crippen LogP contribution in [-0.2, 0) is 0 Å². The van der Waals surface area contributed by atoms with E-state index in [1.165, 1.54) is 11.1 Å². The summed E-state index contributed by atoms with van der Waals surface area (Å²) in [4.78, 5) is 0. The molecule has 2 N–H and O–H groups in total. The molecule has 0 spiro atoms. The molecule has 2 aliphatic carbocycles. The van der Waals surface area contributed by atoms with Crippen molar-refractivity contribution in [2.75, 3.05) is 0 Å². The van der Waals surface area contributed by atoms with Crippen LogP contribution >= 0.6 is 0 Å². The van der Waals surface area contributed by atoms with Crippen LogP contribution in [0.3, 0.4) is 0 Å². The average Bonchev–Trinajstić information content (AvgIpc) is 2.42. The van der Waals surface area contributed by atoms with E-state index in [9.17, 15) is 10.2 Å². The predicted octanol–water partition coefficient (Wildman–Crippen LogP) is 5.48. The van der Waals surface area contributed by atoms with Crippen molar-refractivity contribution in [3.8, 4) is 0 Å². The van der Waals surface area contributed by atoms with Crippen LogP contribution in [0.4, 0.5) is 0 Å². The van der Waals surface area contributed by atoms with Gasteiger partial charge in [-0.15, -0.1) is 0 Å². The molecule has 0 saturated heterocycles. The Morgan fingerprint density at radius 1 is 0.760 bits per heavy atom. The lowest BCUT2D eigenvalue weighted by Crippen LogP contribution is -2.49. The Bertz CT molecular complexity index is 603. The summed E-state index contributed by atoms with van der Waals surface area (Å²) in [5.74, 6) is 0. The summed E-state index contributed by atoms with van der Waals surface area (Å²) < 4.78 is 0. The van der Waals surface area contributed by atoms with Crippen molar-refractivity contribution >= 4 is 0 Å². The first kappa shape index (κ1) is 20.2. The maximum Gasteiger partial charge on any atom is 0.0930 e. The molecule has 0 fully saturated rings. The summed E-state index contributed by atoms with van der Waals surface area (Å²) in [6.45, 7) is 17.0. The fourth-order valence-electron chi connectivity index (χ4n) is 4.37. The number of allylic oxidation sites excluding steroid dienone is 4. The van der Waals surface area contributed by atoms with Crippen molar-refractivity contribution in [2.24, 2.45) is 10.8 Å². The highest BCUT2D eigenvalue weighted by molar-refractivity contribution is 5.42. The molecule has 2 aliphatic rings. The molecule has 0 amide bonds. The van der Waals surface area contributed by atoms with E-state index in [-0.39, 0.29) is 10.8 Å². The molecule has 0 aliphatic heterocycles. The van der Waals surface area contributed by atoms with Crippen molar-refractivity contribution in [3.05, 3.63) is 46.6 Å². The second-order valence-corrected chi connectivity index (χ2v) is 10.2. The first-order chi connectivity index (χ1) is 11.2. The molecule has 0 unspecified atom stereocenters. The van der Waals surface area contributed by atoms with E-state index in [2.05, 4.69) is 79.7 Å². The second-order valence-electron chi connectivity index (χ2n) is 10.2. The van der Waals surface area contributed by atoms with Crippen LogP contribution in [0.1, 0.15) is 74.7 Å². The fourth-order valence-corrected chi connectivity index (χ4v) is 4.37. The molecule has 0 bridgehead atoms. The Kier molecular flexibility index (Phi) is 5.04. The molecule has 2 nitrogen and oxygen atoms in total. The van der Waals surface area contributed by atoms with Crippen molar-refractivity contribution < 1.29 is 10.2 Å². The third-order valence-electron chi connectivity index (χ3n) is 5.47. The van der Waals surface area contributed by atoms with Gasteiger partial charge in [0.15, 0.2) is 0 Å². The molecule has 0 aromatic heterocycles. The van der Waals surface area contributed by atoms with Gasteiger partial charge in [-0.2, -0.15) is 0 Å². The van der Waals surface area contributed by atoms with E-state index in [4.69, 9.17) is 0 Å². The predicted molar refractivity (Wildman–Crippen MR) is 106 cm³/mol. The Morgan fingerprint density at radius 3 is 1.36 bits per heavy atom.